The standard InChI is InChI=1S/C23H20FNO3/c24-22-11-15(13-26)9-10-16(22)12-25-23(27)28-14-21-19-7-3-1-5-17(19)18-6-2-4-8-20(18)21/h1-11,21,26H,12-14H2,(H,25,27). The van der Waals surface area contributed by atoms with Gasteiger partial charge in [-0.15, -0.1) is 0 Å². The van der Waals surface area contributed by atoms with Crippen LogP contribution in [0.5, 0.6) is 0 Å². The van der Waals surface area contributed by atoms with Crippen LogP contribution in [0.3, 0.4) is 0 Å². The van der Waals surface area contributed by atoms with E-state index < -0.39 is 11.9 Å². The van der Waals surface area contributed by atoms with Gasteiger partial charge in [0.1, 0.15) is 12.4 Å². The molecule has 0 unspecified atom stereocenters. The van der Waals surface area contributed by atoms with E-state index in [2.05, 4.69) is 29.6 Å². The molecule has 2 N–H and O–H groups in total. The summed E-state index contributed by atoms with van der Waals surface area (Å²) in [5, 5.41) is 11.6. The number of fused-ring (bicyclic) bond motifs is 3. The third-order valence-corrected chi connectivity index (χ3v) is 5.07. The molecule has 1 aliphatic rings. The highest BCUT2D eigenvalue weighted by atomic mass is 19.1. The van der Waals surface area contributed by atoms with Gasteiger partial charge in [0.2, 0.25) is 0 Å². The van der Waals surface area contributed by atoms with Crippen LogP contribution in [0.1, 0.15) is 28.2 Å². The lowest BCUT2D eigenvalue weighted by molar-refractivity contribution is 0.142. The molecule has 0 saturated heterocycles. The fraction of sp³-hybridized carbons (Fsp3) is 0.174. The molecule has 0 radical (unpaired) electrons. The van der Waals surface area contributed by atoms with E-state index in [-0.39, 0.29) is 25.7 Å². The highest BCUT2D eigenvalue weighted by Crippen LogP contribution is 2.44. The molecule has 1 aliphatic carbocycles. The zero-order valence-corrected chi connectivity index (χ0v) is 15.2. The summed E-state index contributed by atoms with van der Waals surface area (Å²) in [4.78, 5) is 12.1. The Balaban J connectivity index is 1.40. The van der Waals surface area contributed by atoms with Gasteiger partial charge in [-0.1, -0.05) is 60.7 Å². The average molecular weight is 377 g/mol. The van der Waals surface area contributed by atoms with Crippen LogP contribution in [-0.4, -0.2) is 17.8 Å². The third-order valence-electron chi connectivity index (χ3n) is 5.07. The molecule has 4 rings (SSSR count). The minimum absolute atomic E-state index is 0.0151. The number of ether oxygens (including phenoxy) is 1. The molecule has 1 amide bonds. The summed E-state index contributed by atoms with van der Waals surface area (Å²) in [6.07, 6.45) is -0.590. The summed E-state index contributed by atoms with van der Waals surface area (Å²) in [7, 11) is 0. The van der Waals surface area contributed by atoms with Gasteiger partial charge in [0.25, 0.3) is 0 Å². The van der Waals surface area contributed by atoms with Gasteiger partial charge in [0, 0.05) is 18.0 Å². The Labute approximate surface area is 162 Å². The lowest BCUT2D eigenvalue weighted by Crippen LogP contribution is -2.26. The molecule has 0 aromatic heterocycles. The Kier molecular flexibility index (Phi) is 5.08. The normalized spacial score (nSPS) is 12.4. The smallest absolute Gasteiger partial charge is 0.407 e. The summed E-state index contributed by atoms with van der Waals surface area (Å²) >= 11 is 0. The highest BCUT2D eigenvalue weighted by Gasteiger charge is 2.28. The first-order chi connectivity index (χ1) is 13.7. The summed E-state index contributed by atoms with van der Waals surface area (Å²) in [5.74, 6) is -0.482. The van der Waals surface area contributed by atoms with Gasteiger partial charge in [0.15, 0.2) is 0 Å². The maximum absolute atomic E-state index is 13.9. The van der Waals surface area contributed by atoms with E-state index in [1.165, 1.54) is 6.07 Å². The monoisotopic (exact) mass is 377 g/mol. The van der Waals surface area contributed by atoms with E-state index in [1.54, 1.807) is 12.1 Å². The molecule has 5 heteroatoms. The minimum Gasteiger partial charge on any atom is -0.449 e. The molecule has 3 aromatic carbocycles. The molecule has 4 nitrogen and oxygen atoms in total. The van der Waals surface area contributed by atoms with Crippen molar-refractivity contribution in [2.75, 3.05) is 6.61 Å². The zero-order chi connectivity index (χ0) is 19.5. The maximum Gasteiger partial charge on any atom is 0.407 e. The van der Waals surface area contributed by atoms with Gasteiger partial charge < -0.3 is 15.2 Å². The van der Waals surface area contributed by atoms with Crippen molar-refractivity contribution < 1.29 is 19.0 Å². The number of hydrogen-bond acceptors (Lipinski definition) is 3. The lowest BCUT2D eigenvalue weighted by atomic mass is 9.98. The zero-order valence-electron chi connectivity index (χ0n) is 15.2. The molecule has 0 saturated carbocycles. The summed E-state index contributed by atoms with van der Waals surface area (Å²) in [5.41, 5.74) is 5.44. The van der Waals surface area contributed by atoms with E-state index in [1.807, 2.05) is 24.3 Å². The van der Waals surface area contributed by atoms with Crippen LogP contribution < -0.4 is 5.32 Å². The maximum atomic E-state index is 13.9. The number of amides is 1. The number of rotatable bonds is 5. The number of hydrogen-bond donors (Lipinski definition) is 2. The van der Waals surface area contributed by atoms with Crippen LogP contribution >= 0.6 is 0 Å². The van der Waals surface area contributed by atoms with Gasteiger partial charge in [-0.2, -0.15) is 0 Å². The number of alkyl carbamates (subject to hydrolysis) is 1. The second-order valence-corrected chi connectivity index (χ2v) is 6.76. The average Bonchev–Trinajstić information content (AvgIpc) is 3.05. The lowest BCUT2D eigenvalue weighted by Gasteiger charge is -2.14. The van der Waals surface area contributed by atoms with E-state index in [4.69, 9.17) is 9.84 Å². The Bertz CT molecular complexity index is 973. The molecule has 0 spiro atoms. The van der Waals surface area contributed by atoms with Crippen molar-refractivity contribution in [1.29, 1.82) is 0 Å². The van der Waals surface area contributed by atoms with Gasteiger partial charge in [0.05, 0.1) is 6.61 Å². The molecule has 3 aromatic rings. The van der Waals surface area contributed by atoms with Crippen molar-refractivity contribution in [3.63, 3.8) is 0 Å². The Hall–Kier alpha value is -3.18. The number of carbonyl (C=O) groups is 1. The van der Waals surface area contributed by atoms with Gasteiger partial charge in [-0.05, 0) is 33.9 Å². The van der Waals surface area contributed by atoms with Crippen molar-refractivity contribution in [2.45, 2.75) is 19.1 Å². The number of aliphatic hydroxyl groups is 1. The summed E-state index contributed by atoms with van der Waals surface area (Å²) < 4.78 is 19.4. The van der Waals surface area contributed by atoms with Crippen LogP contribution in [0.2, 0.25) is 0 Å². The van der Waals surface area contributed by atoms with E-state index >= 15 is 0 Å². The Morgan fingerprint density at radius 1 is 1.00 bits per heavy atom. The molecular weight excluding hydrogens is 357 g/mol. The van der Waals surface area contributed by atoms with Crippen molar-refractivity contribution in [1.82, 2.24) is 5.32 Å². The van der Waals surface area contributed by atoms with Crippen LogP contribution in [0, 0.1) is 5.82 Å². The molecule has 0 atom stereocenters. The third kappa shape index (κ3) is 3.49. The Morgan fingerprint density at radius 2 is 1.64 bits per heavy atom. The molecule has 28 heavy (non-hydrogen) atoms. The molecule has 0 heterocycles. The number of nitrogens with one attached hydrogen (secondary N) is 1. The molecular formula is C23H20FNO3. The predicted molar refractivity (Wildman–Crippen MR) is 104 cm³/mol. The van der Waals surface area contributed by atoms with Crippen LogP contribution in [-0.2, 0) is 17.9 Å². The molecule has 0 fully saturated rings. The summed E-state index contributed by atoms with van der Waals surface area (Å²) in [6.45, 7) is 0.0109. The number of halogens is 1. The first-order valence-electron chi connectivity index (χ1n) is 9.14. The number of benzene rings is 3. The Morgan fingerprint density at radius 3 is 2.25 bits per heavy atom. The first kappa shape index (κ1) is 18.2. The fourth-order valence-corrected chi connectivity index (χ4v) is 3.65. The predicted octanol–water partition coefficient (Wildman–Crippen LogP) is 4.36. The van der Waals surface area contributed by atoms with E-state index in [0.29, 0.717) is 11.1 Å². The van der Waals surface area contributed by atoms with Crippen molar-refractivity contribution >= 4 is 6.09 Å². The first-order valence-corrected chi connectivity index (χ1v) is 9.14. The second kappa shape index (κ2) is 7.82. The van der Waals surface area contributed by atoms with Crippen LogP contribution in [0.4, 0.5) is 9.18 Å². The molecule has 142 valence electrons. The van der Waals surface area contributed by atoms with Crippen molar-refractivity contribution in [2.24, 2.45) is 0 Å². The second-order valence-electron chi connectivity index (χ2n) is 6.76. The van der Waals surface area contributed by atoms with Gasteiger partial charge in [-0.3, -0.25) is 0 Å². The molecule has 0 bridgehead atoms. The van der Waals surface area contributed by atoms with E-state index in [9.17, 15) is 9.18 Å². The van der Waals surface area contributed by atoms with Crippen molar-refractivity contribution in [3.8, 4) is 11.1 Å². The van der Waals surface area contributed by atoms with Crippen molar-refractivity contribution in [3.05, 3.63) is 94.8 Å². The SMILES string of the molecule is O=C(NCc1ccc(CO)cc1F)OCC1c2ccccc2-c2ccccc21. The quantitative estimate of drug-likeness (QED) is 0.695. The largest absolute Gasteiger partial charge is 0.449 e. The summed E-state index contributed by atoms with van der Waals surface area (Å²) in [6, 6.07) is 20.7. The minimum atomic E-state index is -0.590. The van der Waals surface area contributed by atoms with E-state index in [0.717, 1.165) is 22.3 Å². The highest BCUT2D eigenvalue weighted by molar-refractivity contribution is 5.79. The molecule has 0 aliphatic heterocycles. The fourth-order valence-electron chi connectivity index (χ4n) is 3.65. The topological polar surface area (TPSA) is 58.6 Å². The number of carbonyl (C=O) groups excluding carboxylic acids is 1. The number of aliphatic hydroxyl groups excluding tert-OH is 1. The van der Waals surface area contributed by atoms with Gasteiger partial charge >= 0.3 is 6.09 Å². The van der Waals surface area contributed by atoms with Gasteiger partial charge in [-0.25, -0.2) is 9.18 Å². The van der Waals surface area contributed by atoms with Crippen LogP contribution in [0.15, 0.2) is 66.7 Å². The van der Waals surface area contributed by atoms with Crippen LogP contribution in [0.25, 0.3) is 11.1 Å².